The molecule has 0 aliphatic carbocycles. The fourth-order valence-electron chi connectivity index (χ4n) is 5.41. The Kier molecular flexibility index (Phi) is 4.01. The lowest BCUT2D eigenvalue weighted by Crippen LogP contribution is -1.95. The Morgan fingerprint density at radius 2 is 1.15 bits per heavy atom. The summed E-state index contributed by atoms with van der Waals surface area (Å²) in [4.78, 5) is 0. The van der Waals surface area contributed by atoms with Crippen LogP contribution in [0.4, 0.5) is 0 Å². The van der Waals surface area contributed by atoms with E-state index >= 15 is 0 Å². The van der Waals surface area contributed by atoms with Gasteiger partial charge in [-0.1, -0.05) is 60.7 Å². The van der Waals surface area contributed by atoms with Crippen molar-refractivity contribution in [2.24, 2.45) is 0 Å². The van der Waals surface area contributed by atoms with E-state index in [1.807, 2.05) is 12.1 Å². The van der Waals surface area contributed by atoms with Gasteiger partial charge in [-0.05, 0) is 78.6 Å². The van der Waals surface area contributed by atoms with Crippen molar-refractivity contribution in [1.29, 1.82) is 0 Å². The molecule has 2 nitrogen and oxygen atoms in total. The molecule has 2 heteroatoms. The van der Waals surface area contributed by atoms with Gasteiger partial charge >= 0.3 is 0 Å². The molecule has 0 atom stereocenters. The number of nitrogens with zero attached hydrogens (tertiary/aromatic N) is 1. The van der Waals surface area contributed by atoms with Crippen LogP contribution in [-0.4, -0.2) is 4.57 Å². The van der Waals surface area contributed by atoms with Gasteiger partial charge in [-0.3, -0.25) is 0 Å². The third-order valence-corrected chi connectivity index (χ3v) is 6.85. The molecule has 0 spiro atoms. The van der Waals surface area contributed by atoms with E-state index in [9.17, 15) is 0 Å². The average molecular weight is 438 g/mol. The lowest BCUT2D eigenvalue weighted by atomic mass is 10.0. The lowest BCUT2D eigenvalue weighted by molar-refractivity contribution is 0.669. The van der Waals surface area contributed by atoms with E-state index in [4.69, 9.17) is 4.42 Å². The first-order chi connectivity index (χ1) is 16.7. The van der Waals surface area contributed by atoms with Gasteiger partial charge in [0.1, 0.15) is 11.2 Å². The summed E-state index contributed by atoms with van der Waals surface area (Å²) in [5.41, 5.74) is 10.5. The van der Waals surface area contributed by atoms with Gasteiger partial charge in [0.25, 0.3) is 0 Å². The number of para-hydroxylation sites is 2. The maximum atomic E-state index is 6.05. The summed E-state index contributed by atoms with van der Waals surface area (Å²) in [6.07, 6.45) is 0. The van der Waals surface area contributed by atoms with Crippen LogP contribution in [0.5, 0.6) is 0 Å². The van der Waals surface area contributed by atoms with Gasteiger partial charge in [-0.2, -0.15) is 0 Å². The summed E-state index contributed by atoms with van der Waals surface area (Å²) < 4.78 is 8.45. The first-order valence-electron chi connectivity index (χ1n) is 11.7. The molecular weight excluding hydrogens is 414 g/mol. The summed E-state index contributed by atoms with van der Waals surface area (Å²) in [5, 5.41) is 4.86. The van der Waals surface area contributed by atoms with Crippen LogP contribution in [0.2, 0.25) is 0 Å². The molecule has 0 radical (unpaired) electrons. The molecule has 0 bridgehead atoms. The third-order valence-electron chi connectivity index (χ3n) is 6.85. The van der Waals surface area contributed by atoms with E-state index < -0.39 is 0 Å². The predicted molar refractivity (Wildman–Crippen MR) is 143 cm³/mol. The standard InChI is InChI=1S/C32H23NO/c1-20-15-21(2)17-24(16-20)33-29-9-5-3-7-25(29)26-13-11-23(19-30(26)33)22-12-14-32-28(18-22)27-8-4-6-10-31(27)34-32/h3-19H,1-2H3. The largest absolute Gasteiger partial charge is 0.456 e. The van der Waals surface area contributed by atoms with Crippen molar-refractivity contribution in [3.8, 4) is 16.8 Å². The minimum atomic E-state index is 0.926. The Labute approximate surface area is 197 Å². The molecule has 162 valence electrons. The Morgan fingerprint density at radius 3 is 2.00 bits per heavy atom. The first-order valence-corrected chi connectivity index (χ1v) is 11.7. The molecule has 0 saturated heterocycles. The van der Waals surface area contributed by atoms with Crippen LogP contribution in [0.15, 0.2) is 108 Å². The van der Waals surface area contributed by atoms with E-state index in [0.29, 0.717) is 0 Å². The quantitative estimate of drug-likeness (QED) is 0.264. The van der Waals surface area contributed by atoms with Crippen LogP contribution in [0.25, 0.3) is 60.6 Å². The number of aryl methyl sites for hydroxylation is 2. The molecule has 0 unspecified atom stereocenters. The number of benzene rings is 5. The van der Waals surface area contributed by atoms with Crippen LogP contribution in [-0.2, 0) is 0 Å². The van der Waals surface area contributed by atoms with Gasteiger partial charge < -0.3 is 8.98 Å². The molecule has 0 fully saturated rings. The second kappa shape index (κ2) is 7.10. The van der Waals surface area contributed by atoms with Crippen molar-refractivity contribution in [3.63, 3.8) is 0 Å². The normalized spacial score (nSPS) is 11.8. The number of furan rings is 1. The third kappa shape index (κ3) is 2.82. The lowest BCUT2D eigenvalue weighted by Gasteiger charge is -2.11. The number of fused-ring (bicyclic) bond motifs is 6. The Balaban J connectivity index is 1.51. The summed E-state index contributed by atoms with van der Waals surface area (Å²) in [6.45, 7) is 4.33. The Morgan fingerprint density at radius 1 is 0.500 bits per heavy atom. The zero-order chi connectivity index (χ0) is 22.8. The minimum Gasteiger partial charge on any atom is -0.456 e. The van der Waals surface area contributed by atoms with E-state index in [-0.39, 0.29) is 0 Å². The molecule has 0 N–H and O–H groups in total. The second-order valence-electron chi connectivity index (χ2n) is 9.24. The summed E-state index contributed by atoms with van der Waals surface area (Å²) >= 11 is 0. The summed E-state index contributed by atoms with van der Waals surface area (Å²) in [7, 11) is 0. The fourth-order valence-corrected chi connectivity index (χ4v) is 5.41. The topological polar surface area (TPSA) is 18.1 Å². The average Bonchev–Trinajstić information content (AvgIpc) is 3.38. The van der Waals surface area contributed by atoms with E-state index in [2.05, 4.69) is 109 Å². The highest BCUT2D eigenvalue weighted by molar-refractivity contribution is 6.11. The van der Waals surface area contributed by atoms with Crippen LogP contribution in [0.1, 0.15) is 11.1 Å². The van der Waals surface area contributed by atoms with Gasteiger partial charge in [0.05, 0.1) is 11.0 Å². The van der Waals surface area contributed by atoms with E-state index in [1.165, 1.54) is 49.7 Å². The molecule has 34 heavy (non-hydrogen) atoms. The number of aromatic nitrogens is 1. The van der Waals surface area contributed by atoms with Crippen molar-refractivity contribution in [2.75, 3.05) is 0 Å². The molecule has 5 aromatic carbocycles. The summed E-state index contributed by atoms with van der Waals surface area (Å²) in [5.74, 6) is 0. The molecule has 2 aromatic heterocycles. The van der Waals surface area contributed by atoms with Crippen LogP contribution < -0.4 is 0 Å². The first kappa shape index (κ1) is 19.2. The van der Waals surface area contributed by atoms with Crippen molar-refractivity contribution in [2.45, 2.75) is 13.8 Å². The van der Waals surface area contributed by atoms with Crippen molar-refractivity contribution in [1.82, 2.24) is 4.57 Å². The monoisotopic (exact) mass is 437 g/mol. The molecule has 0 aliphatic heterocycles. The molecule has 7 aromatic rings. The van der Waals surface area contributed by atoms with Gasteiger partial charge in [0.15, 0.2) is 0 Å². The highest BCUT2D eigenvalue weighted by atomic mass is 16.3. The second-order valence-corrected chi connectivity index (χ2v) is 9.24. The number of rotatable bonds is 2. The van der Waals surface area contributed by atoms with E-state index in [1.54, 1.807) is 0 Å². The van der Waals surface area contributed by atoms with Gasteiger partial charge in [0, 0.05) is 27.2 Å². The SMILES string of the molecule is Cc1cc(C)cc(-n2c3ccccc3c3ccc(-c4ccc5oc6ccccc6c5c4)cc32)c1. The van der Waals surface area contributed by atoms with E-state index in [0.717, 1.165) is 21.9 Å². The zero-order valence-corrected chi connectivity index (χ0v) is 19.2. The van der Waals surface area contributed by atoms with Crippen molar-refractivity contribution in [3.05, 3.63) is 114 Å². The molecular formula is C32H23NO. The van der Waals surface area contributed by atoms with Crippen molar-refractivity contribution < 1.29 is 4.42 Å². The Bertz CT molecular complexity index is 1860. The van der Waals surface area contributed by atoms with Gasteiger partial charge in [-0.25, -0.2) is 0 Å². The number of hydrogen-bond donors (Lipinski definition) is 0. The smallest absolute Gasteiger partial charge is 0.135 e. The Hall–Kier alpha value is -4.30. The highest BCUT2D eigenvalue weighted by Crippen LogP contribution is 2.37. The van der Waals surface area contributed by atoms with Crippen LogP contribution in [0, 0.1) is 13.8 Å². The van der Waals surface area contributed by atoms with Crippen LogP contribution >= 0.6 is 0 Å². The van der Waals surface area contributed by atoms with Gasteiger partial charge in [0.2, 0.25) is 0 Å². The fraction of sp³-hybridized carbons (Fsp3) is 0.0625. The molecule has 0 amide bonds. The molecule has 0 saturated carbocycles. The molecule has 0 aliphatic rings. The maximum absolute atomic E-state index is 6.05. The van der Waals surface area contributed by atoms with Crippen LogP contribution in [0.3, 0.4) is 0 Å². The molecule has 7 rings (SSSR count). The number of hydrogen-bond acceptors (Lipinski definition) is 1. The van der Waals surface area contributed by atoms with Gasteiger partial charge in [-0.15, -0.1) is 0 Å². The predicted octanol–water partition coefficient (Wildman–Crippen LogP) is 8.97. The maximum Gasteiger partial charge on any atom is 0.135 e. The minimum absolute atomic E-state index is 0.926. The molecule has 2 heterocycles. The van der Waals surface area contributed by atoms with Crippen molar-refractivity contribution >= 4 is 43.7 Å². The zero-order valence-electron chi connectivity index (χ0n) is 19.2. The highest BCUT2D eigenvalue weighted by Gasteiger charge is 2.14. The summed E-state index contributed by atoms with van der Waals surface area (Å²) in [6, 6.07) is 37.1.